The van der Waals surface area contributed by atoms with Gasteiger partial charge in [0, 0.05) is 16.3 Å². The summed E-state index contributed by atoms with van der Waals surface area (Å²) in [7, 11) is 0. The summed E-state index contributed by atoms with van der Waals surface area (Å²) in [6.07, 6.45) is -10.4. The van der Waals surface area contributed by atoms with Crippen molar-refractivity contribution in [1.29, 1.82) is 0 Å². The van der Waals surface area contributed by atoms with Gasteiger partial charge >= 0.3 is 12.4 Å². The first kappa shape index (κ1) is 28.0. The molecule has 2 aromatic heterocycles. The Bertz CT molecular complexity index is 2220. The number of nitrogens with zero attached hydrogens (tertiary/aromatic N) is 4. The van der Waals surface area contributed by atoms with E-state index >= 15 is 0 Å². The molecule has 5 aromatic carbocycles. The van der Waals surface area contributed by atoms with Crippen LogP contribution in [0.4, 0.5) is 26.3 Å². The van der Waals surface area contributed by atoms with Crippen molar-refractivity contribution in [3.8, 4) is 17.1 Å². The summed E-state index contributed by atoms with van der Waals surface area (Å²) < 4.78 is 83.6. The summed E-state index contributed by atoms with van der Waals surface area (Å²) in [6.45, 7) is 0. The zero-order valence-electron chi connectivity index (χ0n) is 23.6. The molecule has 0 saturated carbocycles. The van der Waals surface area contributed by atoms with E-state index in [9.17, 15) is 26.3 Å². The highest BCUT2D eigenvalue weighted by Gasteiger charge is 2.45. The third kappa shape index (κ3) is 3.99. The van der Waals surface area contributed by atoms with Crippen LogP contribution in [0.15, 0.2) is 121 Å². The number of alkyl halides is 6. The molecule has 10 heteroatoms. The van der Waals surface area contributed by atoms with Crippen LogP contribution in [0.2, 0.25) is 0 Å². The number of hydrogen-bond donors (Lipinski definition) is 0. The molecule has 0 aliphatic carbocycles. The number of halogens is 6. The first-order valence-electron chi connectivity index (χ1n) is 14.3. The number of para-hydroxylation sites is 2. The van der Waals surface area contributed by atoms with Crippen molar-refractivity contribution >= 4 is 21.8 Å². The molecule has 0 fully saturated rings. The highest BCUT2D eigenvalue weighted by molar-refractivity contribution is 6.13. The average Bonchev–Trinajstić information content (AvgIpc) is 3.40. The summed E-state index contributed by atoms with van der Waals surface area (Å²) in [5, 5.41) is 1.41. The van der Waals surface area contributed by atoms with E-state index in [0.717, 1.165) is 44.4 Å². The minimum absolute atomic E-state index is 0.000247. The van der Waals surface area contributed by atoms with Crippen LogP contribution in [0, 0.1) is 0 Å². The second-order valence-electron chi connectivity index (χ2n) is 11.1. The second-order valence-corrected chi connectivity index (χ2v) is 11.1. The monoisotopic (exact) mass is 622 g/mol. The van der Waals surface area contributed by atoms with Gasteiger partial charge in [-0.25, -0.2) is 15.0 Å². The molecule has 0 radical (unpaired) electrons. The first-order valence-corrected chi connectivity index (χ1v) is 14.3. The Kier molecular flexibility index (Phi) is 5.93. The normalized spacial score (nSPS) is 14.0. The van der Waals surface area contributed by atoms with Crippen molar-refractivity contribution in [2.45, 2.75) is 17.8 Å². The van der Waals surface area contributed by atoms with E-state index < -0.39 is 35.2 Å². The predicted octanol–water partition coefficient (Wildman–Crippen LogP) is 9.37. The summed E-state index contributed by atoms with van der Waals surface area (Å²) >= 11 is 0. The molecule has 3 heterocycles. The fourth-order valence-corrected chi connectivity index (χ4v) is 6.82. The van der Waals surface area contributed by atoms with Crippen LogP contribution in [0.25, 0.3) is 38.9 Å². The molecule has 0 atom stereocenters. The number of fused-ring (bicyclic) bond motifs is 5. The van der Waals surface area contributed by atoms with Gasteiger partial charge in [-0.05, 0) is 46.5 Å². The molecular formula is C36H20F6N4. The zero-order chi connectivity index (χ0) is 31.8. The van der Waals surface area contributed by atoms with Gasteiger partial charge < -0.3 is 4.57 Å². The Morgan fingerprint density at radius 1 is 0.522 bits per heavy atom. The molecule has 0 amide bonds. The van der Waals surface area contributed by atoms with Gasteiger partial charge in [-0.3, -0.25) is 0 Å². The Morgan fingerprint density at radius 2 is 1.09 bits per heavy atom. The fraction of sp³-hybridized carbons (Fsp3) is 0.0833. The molecule has 0 bridgehead atoms. The molecule has 226 valence electrons. The van der Waals surface area contributed by atoms with Gasteiger partial charge in [-0.1, -0.05) is 97.1 Å². The lowest BCUT2D eigenvalue weighted by Gasteiger charge is -2.41. The minimum Gasteiger partial charge on any atom is -0.309 e. The third-order valence-electron chi connectivity index (χ3n) is 8.55. The van der Waals surface area contributed by atoms with Crippen molar-refractivity contribution in [2.75, 3.05) is 0 Å². The van der Waals surface area contributed by atoms with Gasteiger partial charge in [-0.2, -0.15) is 26.3 Å². The summed E-state index contributed by atoms with van der Waals surface area (Å²) in [6, 6.07) is 38.9. The number of rotatable bonds is 3. The molecule has 7 aromatic rings. The van der Waals surface area contributed by atoms with E-state index in [-0.39, 0.29) is 5.56 Å². The lowest BCUT2D eigenvalue weighted by atomic mass is 9.63. The standard InChI is InChI=1S/C36H20F6N4/c37-35(38,39)32-43-31(44-33(45-32)36(40,41)42)21-18-19-28-25(20-21)24-14-9-16-27-30(24)46(28)29-17-8-7-15-26(29)34(27,22-10-3-1-4-11-22)23-12-5-2-6-13-23/h1-20H. The lowest BCUT2D eigenvalue weighted by Crippen LogP contribution is -2.35. The smallest absolute Gasteiger partial charge is 0.309 e. The van der Waals surface area contributed by atoms with Crippen LogP contribution >= 0.6 is 0 Å². The quantitative estimate of drug-likeness (QED) is 0.185. The van der Waals surface area contributed by atoms with Crippen LogP contribution in [0.3, 0.4) is 0 Å². The maximum Gasteiger partial charge on any atom is 0.451 e. The van der Waals surface area contributed by atoms with Gasteiger partial charge in [0.15, 0.2) is 5.82 Å². The molecule has 1 aliphatic heterocycles. The lowest BCUT2D eigenvalue weighted by molar-refractivity contribution is -0.155. The molecule has 0 N–H and O–H groups in total. The maximum atomic E-state index is 13.6. The Balaban J connectivity index is 1.47. The van der Waals surface area contributed by atoms with Gasteiger partial charge in [0.1, 0.15) is 0 Å². The van der Waals surface area contributed by atoms with Gasteiger partial charge in [0.25, 0.3) is 0 Å². The highest BCUT2D eigenvalue weighted by atomic mass is 19.4. The zero-order valence-corrected chi connectivity index (χ0v) is 23.6. The fourth-order valence-electron chi connectivity index (χ4n) is 6.82. The third-order valence-corrected chi connectivity index (χ3v) is 8.55. The number of hydrogen-bond acceptors (Lipinski definition) is 3. The highest BCUT2D eigenvalue weighted by Crippen LogP contribution is 2.54. The van der Waals surface area contributed by atoms with Crippen molar-refractivity contribution in [3.05, 3.63) is 155 Å². The topological polar surface area (TPSA) is 43.6 Å². The van der Waals surface area contributed by atoms with Gasteiger partial charge in [0.05, 0.1) is 22.1 Å². The van der Waals surface area contributed by atoms with Crippen LogP contribution < -0.4 is 0 Å². The SMILES string of the molecule is FC(F)(F)c1nc(-c2ccc3c(c2)c2cccc4c2n3-c2ccccc2C4(c2ccccc2)c2ccccc2)nc(C(F)(F)F)n1. The number of benzene rings is 5. The van der Waals surface area contributed by atoms with Crippen molar-refractivity contribution in [3.63, 3.8) is 0 Å². The van der Waals surface area contributed by atoms with Gasteiger partial charge in [0.2, 0.25) is 11.6 Å². The molecule has 0 unspecified atom stereocenters. The van der Waals surface area contributed by atoms with E-state index in [1.54, 1.807) is 12.1 Å². The molecule has 0 spiro atoms. The Labute approximate surface area is 257 Å². The Morgan fingerprint density at radius 3 is 1.70 bits per heavy atom. The molecule has 4 nitrogen and oxygen atoms in total. The molecule has 8 rings (SSSR count). The number of aromatic nitrogens is 4. The van der Waals surface area contributed by atoms with E-state index in [0.29, 0.717) is 5.39 Å². The van der Waals surface area contributed by atoms with E-state index in [1.165, 1.54) is 6.07 Å². The Hall–Kier alpha value is -5.51. The summed E-state index contributed by atoms with van der Waals surface area (Å²) in [5.74, 6) is -4.53. The molecule has 1 aliphatic rings. The van der Waals surface area contributed by atoms with Crippen LogP contribution in [-0.4, -0.2) is 19.5 Å². The minimum atomic E-state index is -5.20. The molecule has 46 heavy (non-hydrogen) atoms. The maximum absolute atomic E-state index is 13.6. The largest absolute Gasteiger partial charge is 0.451 e. The average molecular weight is 623 g/mol. The van der Waals surface area contributed by atoms with Gasteiger partial charge in [-0.15, -0.1) is 0 Å². The first-order chi connectivity index (χ1) is 22.1. The van der Waals surface area contributed by atoms with Crippen LogP contribution in [-0.2, 0) is 17.8 Å². The summed E-state index contributed by atoms with van der Waals surface area (Å²) in [5.41, 5.74) is 5.88. The van der Waals surface area contributed by atoms with Crippen molar-refractivity contribution in [2.24, 2.45) is 0 Å². The van der Waals surface area contributed by atoms with E-state index in [4.69, 9.17) is 0 Å². The summed E-state index contributed by atoms with van der Waals surface area (Å²) in [4.78, 5) is 9.51. The molecular weight excluding hydrogens is 602 g/mol. The molecule has 0 saturated heterocycles. The van der Waals surface area contributed by atoms with E-state index in [2.05, 4.69) is 55.9 Å². The predicted molar refractivity (Wildman–Crippen MR) is 161 cm³/mol. The van der Waals surface area contributed by atoms with Crippen LogP contribution in [0.1, 0.15) is 33.9 Å². The van der Waals surface area contributed by atoms with E-state index in [1.807, 2.05) is 66.7 Å². The van der Waals surface area contributed by atoms with Crippen LogP contribution in [0.5, 0.6) is 0 Å². The second kappa shape index (κ2) is 9.74. The van der Waals surface area contributed by atoms with Crippen molar-refractivity contribution < 1.29 is 26.3 Å². The van der Waals surface area contributed by atoms with Crippen molar-refractivity contribution in [1.82, 2.24) is 19.5 Å².